The minimum absolute atomic E-state index is 0.0767. The molecule has 5 heteroatoms. The van der Waals surface area contributed by atoms with Crippen molar-refractivity contribution >= 4 is 5.97 Å². The third-order valence-corrected chi connectivity index (χ3v) is 3.92. The quantitative estimate of drug-likeness (QED) is 0.922. The maximum absolute atomic E-state index is 11.4. The van der Waals surface area contributed by atoms with Crippen LogP contribution in [0.25, 0.3) is 0 Å². The van der Waals surface area contributed by atoms with E-state index in [4.69, 9.17) is 4.42 Å². The molecule has 1 aliphatic rings. The van der Waals surface area contributed by atoms with E-state index in [2.05, 4.69) is 25.8 Å². The van der Waals surface area contributed by atoms with Gasteiger partial charge in [-0.2, -0.15) is 0 Å². The predicted octanol–water partition coefficient (Wildman–Crippen LogP) is 2.66. The van der Waals surface area contributed by atoms with Crippen LogP contribution in [0, 0.1) is 5.92 Å². The standard InChI is InChI=1S/C15H24N2O3/c1-10-6-5-7-17(13(10)14(18)19)9-12-16-8-11(20-12)15(2,3)4/h8,10,13H,5-7,9H2,1-4H3,(H,18,19). The Hall–Kier alpha value is -1.36. The lowest BCUT2D eigenvalue weighted by Gasteiger charge is -2.36. The molecule has 0 aliphatic carbocycles. The molecule has 2 atom stereocenters. The Kier molecular flexibility index (Phi) is 4.18. The highest BCUT2D eigenvalue weighted by molar-refractivity contribution is 5.74. The van der Waals surface area contributed by atoms with E-state index in [1.165, 1.54) is 0 Å². The van der Waals surface area contributed by atoms with Crippen molar-refractivity contribution in [3.63, 3.8) is 0 Å². The molecular formula is C15H24N2O3. The molecule has 2 rings (SSSR count). The Morgan fingerprint density at radius 3 is 2.80 bits per heavy atom. The molecule has 1 fully saturated rings. The van der Waals surface area contributed by atoms with Crippen molar-refractivity contribution in [2.45, 2.75) is 58.5 Å². The molecule has 1 N–H and O–H groups in total. The second kappa shape index (κ2) is 5.56. The molecule has 1 aromatic rings. The van der Waals surface area contributed by atoms with Gasteiger partial charge in [0.25, 0.3) is 0 Å². The Balaban J connectivity index is 2.11. The summed E-state index contributed by atoms with van der Waals surface area (Å²) >= 11 is 0. The molecule has 2 unspecified atom stereocenters. The van der Waals surface area contributed by atoms with Gasteiger partial charge in [0.2, 0.25) is 5.89 Å². The number of likely N-dealkylation sites (tertiary alicyclic amines) is 1. The van der Waals surface area contributed by atoms with E-state index in [0.29, 0.717) is 12.4 Å². The summed E-state index contributed by atoms with van der Waals surface area (Å²) in [4.78, 5) is 17.7. The molecule has 112 valence electrons. The Morgan fingerprint density at radius 2 is 2.25 bits per heavy atom. The highest BCUT2D eigenvalue weighted by atomic mass is 16.4. The van der Waals surface area contributed by atoms with E-state index in [1.54, 1.807) is 6.20 Å². The van der Waals surface area contributed by atoms with Gasteiger partial charge in [0.05, 0.1) is 12.7 Å². The smallest absolute Gasteiger partial charge is 0.321 e. The largest absolute Gasteiger partial charge is 0.480 e. The van der Waals surface area contributed by atoms with Crippen molar-refractivity contribution in [2.24, 2.45) is 5.92 Å². The molecule has 0 aromatic carbocycles. The molecule has 0 amide bonds. The van der Waals surface area contributed by atoms with Crippen molar-refractivity contribution < 1.29 is 14.3 Å². The molecule has 1 aliphatic heterocycles. The average Bonchev–Trinajstić information content (AvgIpc) is 2.76. The maximum atomic E-state index is 11.4. The normalized spacial score (nSPS) is 24.8. The second-order valence-electron chi connectivity index (χ2n) is 6.74. The van der Waals surface area contributed by atoms with E-state index < -0.39 is 12.0 Å². The van der Waals surface area contributed by atoms with Crippen LogP contribution in [0.5, 0.6) is 0 Å². The van der Waals surface area contributed by atoms with Gasteiger partial charge in [0.1, 0.15) is 11.8 Å². The lowest BCUT2D eigenvalue weighted by Crippen LogP contribution is -2.48. The fraction of sp³-hybridized carbons (Fsp3) is 0.733. The minimum atomic E-state index is -0.750. The summed E-state index contributed by atoms with van der Waals surface area (Å²) in [5.74, 6) is 0.859. The Bertz CT molecular complexity index is 476. The number of aliphatic carboxylic acids is 1. The van der Waals surface area contributed by atoms with E-state index in [9.17, 15) is 9.90 Å². The van der Waals surface area contributed by atoms with Crippen LogP contribution in [0.3, 0.4) is 0 Å². The number of piperidine rings is 1. The summed E-state index contributed by atoms with van der Waals surface area (Å²) < 4.78 is 5.77. The molecule has 0 saturated carbocycles. The van der Waals surface area contributed by atoms with Crippen LogP contribution >= 0.6 is 0 Å². The highest BCUT2D eigenvalue weighted by Crippen LogP contribution is 2.27. The maximum Gasteiger partial charge on any atom is 0.321 e. The third-order valence-electron chi connectivity index (χ3n) is 3.92. The van der Waals surface area contributed by atoms with Gasteiger partial charge >= 0.3 is 5.97 Å². The Labute approximate surface area is 120 Å². The van der Waals surface area contributed by atoms with Gasteiger partial charge in [-0.3, -0.25) is 9.69 Å². The second-order valence-corrected chi connectivity index (χ2v) is 6.74. The van der Waals surface area contributed by atoms with E-state index in [1.807, 2.05) is 11.8 Å². The van der Waals surface area contributed by atoms with E-state index in [0.717, 1.165) is 25.1 Å². The molecule has 2 heterocycles. The first kappa shape index (κ1) is 15.0. The van der Waals surface area contributed by atoms with Crippen LogP contribution in [-0.2, 0) is 16.8 Å². The predicted molar refractivity (Wildman–Crippen MR) is 75.4 cm³/mol. The number of aromatic nitrogens is 1. The number of oxazole rings is 1. The molecule has 0 spiro atoms. The van der Waals surface area contributed by atoms with Gasteiger partial charge in [-0.15, -0.1) is 0 Å². The fourth-order valence-corrected chi connectivity index (χ4v) is 2.75. The summed E-state index contributed by atoms with van der Waals surface area (Å²) in [6.07, 6.45) is 3.74. The number of carboxylic acids is 1. The van der Waals surface area contributed by atoms with E-state index in [-0.39, 0.29) is 11.3 Å². The monoisotopic (exact) mass is 280 g/mol. The third kappa shape index (κ3) is 3.20. The molecule has 1 saturated heterocycles. The van der Waals surface area contributed by atoms with Gasteiger partial charge in [-0.25, -0.2) is 4.98 Å². The SMILES string of the molecule is CC1CCCN(Cc2ncc(C(C)(C)C)o2)C1C(=O)O. The number of rotatable bonds is 3. The average molecular weight is 280 g/mol. The number of carbonyl (C=O) groups is 1. The summed E-state index contributed by atoms with van der Waals surface area (Å²) in [6.45, 7) is 9.47. The van der Waals surface area contributed by atoms with Crippen molar-refractivity contribution in [1.29, 1.82) is 0 Å². The summed E-state index contributed by atoms with van der Waals surface area (Å²) in [7, 11) is 0. The van der Waals surface area contributed by atoms with Crippen LogP contribution in [0.15, 0.2) is 10.6 Å². The first-order chi connectivity index (χ1) is 9.29. The molecule has 0 radical (unpaired) electrons. The number of nitrogens with zero attached hydrogens (tertiary/aromatic N) is 2. The van der Waals surface area contributed by atoms with E-state index >= 15 is 0 Å². The first-order valence-corrected chi connectivity index (χ1v) is 7.21. The van der Waals surface area contributed by atoms with Crippen molar-refractivity contribution in [3.8, 4) is 0 Å². The van der Waals surface area contributed by atoms with Gasteiger partial charge in [0, 0.05) is 5.41 Å². The van der Waals surface area contributed by atoms with Crippen LogP contribution < -0.4 is 0 Å². The lowest BCUT2D eigenvalue weighted by molar-refractivity contribution is -0.147. The van der Waals surface area contributed by atoms with Crippen LogP contribution in [0.2, 0.25) is 0 Å². The molecule has 1 aromatic heterocycles. The molecule has 20 heavy (non-hydrogen) atoms. The van der Waals surface area contributed by atoms with Crippen LogP contribution in [0.4, 0.5) is 0 Å². The number of hydrogen-bond acceptors (Lipinski definition) is 4. The topological polar surface area (TPSA) is 66.6 Å². The zero-order valence-electron chi connectivity index (χ0n) is 12.7. The van der Waals surface area contributed by atoms with Gasteiger partial charge < -0.3 is 9.52 Å². The number of carboxylic acid groups (broad SMARTS) is 1. The Morgan fingerprint density at radius 1 is 1.55 bits per heavy atom. The molecular weight excluding hydrogens is 256 g/mol. The summed E-state index contributed by atoms with van der Waals surface area (Å²) in [5.41, 5.74) is -0.0767. The van der Waals surface area contributed by atoms with Crippen LogP contribution in [-0.4, -0.2) is 33.5 Å². The first-order valence-electron chi connectivity index (χ1n) is 7.21. The molecule has 0 bridgehead atoms. The fourth-order valence-electron chi connectivity index (χ4n) is 2.75. The molecule has 5 nitrogen and oxygen atoms in total. The van der Waals surface area contributed by atoms with Gasteiger partial charge in [0.15, 0.2) is 0 Å². The summed E-state index contributed by atoms with van der Waals surface area (Å²) in [6, 6.07) is -0.436. The number of hydrogen-bond donors (Lipinski definition) is 1. The van der Waals surface area contributed by atoms with Crippen LogP contribution in [0.1, 0.15) is 52.2 Å². The lowest BCUT2D eigenvalue weighted by atomic mass is 9.91. The zero-order valence-corrected chi connectivity index (χ0v) is 12.7. The van der Waals surface area contributed by atoms with Crippen molar-refractivity contribution in [1.82, 2.24) is 9.88 Å². The minimum Gasteiger partial charge on any atom is -0.480 e. The van der Waals surface area contributed by atoms with Gasteiger partial charge in [-0.1, -0.05) is 27.7 Å². The summed E-state index contributed by atoms with van der Waals surface area (Å²) in [5, 5.41) is 9.40. The zero-order chi connectivity index (χ0) is 14.9. The van der Waals surface area contributed by atoms with Crippen molar-refractivity contribution in [3.05, 3.63) is 17.8 Å². The van der Waals surface area contributed by atoms with Gasteiger partial charge in [-0.05, 0) is 25.3 Å². The van der Waals surface area contributed by atoms with Crippen molar-refractivity contribution in [2.75, 3.05) is 6.54 Å². The highest BCUT2D eigenvalue weighted by Gasteiger charge is 2.35.